The molecule has 0 radical (unpaired) electrons. The van der Waals surface area contributed by atoms with Crippen LogP contribution in [0.15, 0.2) is 24.3 Å². The molecule has 4 nitrogen and oxygen atoms in total. The highest BCUT2D eigenvalue weighted by atomic mass is 16.6. The number of hydrogen-bond donors (Lipinski definition) is 1. The third-order valence-electron chi connectivity index (χ3n) is 6.55. The van der Waals surface area contributed by atoms with Gasteiger partial charge in [0.1, 0.15) is 5.60 Å². The first-order valence-corrected chi connectivity index (χ1v) is 10.7. The summed E-state index contributed by atoms with van der Waals surface area (Å²) in [5.41, 5.74) is 0.523. The molecule has 0 rings (SSSR count). The fourth-order valence-corrected chi connectivity index (χ4v) is 2.76. The van der Waals surface area contributed by atoms with E-state index in [-0.39, 0.29) is 17.5 Å². The van der Waals surface area contributed by atoms with Crippen LogP contribution in [0.3, 0.4) is 0 Å². The number of esters is 1. The Balaban J connectivity index is 0. The van der Waals surface area contributed by atoms with E-state index in [2.05, 4.69) is 47.8 Å². The van der Waals surface area contributed by atoms with Gasteiger partial charge in [-0.3, -0.25) is 0 Å². The predicted octanol–water partition coefficient (Wildman–Crippen LogP) is 6.66. The number of carboxylic acids is 1. The molecule has 0 aliphatic carbocycles. The van der Waals surface area contributed by atoms with E-state index in [9.17, 15) is 9.59 Å². The minimum atomic E-state index is -0.873. The average molecular weight is 397 g/mol. The van der Waals surface area contributed by atoms with Crippen molar-refractivity contribution in [3.8, 4) is 0 Å². The average Bonchev–Trinajstić information content (AvgIpc) is 2.69. The van der Waals surface area contributed by atoms with E-state index in [1.54, 1.807) is 0 Å². The summed E-state index contributed by atoms with van der Waals surface area (Å²) >= 11 is 0. The monoisotopic (exact) mass is 396 g/mol. The van der Waals surface area contributed by atoms with Gasteiger partial charge < -0.3 is 9.84 Å². The quantitative estimate of drug-likeness (QED) is 0.313. The van der Waals surface area contributed by atoms with Gasteiger partial charge in [-0.15, -0.1) is 0 Å². The maximum atomic E-state index is 11.6. The number of hydrogen-bond acceptors (Lipinski definition) is 3. The Morgan fingerprint density at radius 1 is 1.00 bits per heavy atom. The zero-order valence-electron chi connectivity index (χ0n) is 19.7. The van der Waals surface area contributed by atoms with Crippen LogP contribution in [0.5, 0.6) is 0 Å². The molecule has 5 atom stereocenters. The van der Waals surface area contributed by atoms with Gasteiger partial charge in [0.2, 0.25) is 0 Å². The van der Waals surface area contributed by atoms with Crippen molar-refractivity contribution in [1.82, 2.24) is 0 Å². The van der Waals surface area contributed by atoms with Gasteiger partial charge in [0.05, 0.1) is 0 Å². The molecule has 0 aromatic carbocycles. The van der Waals surface area contributed by atoms with Crippen molar-refractivity contribution in [2.24, 2.45) is 23.7 Å². The molecule has 5 unspecified atom stereocenters. The molecule has 0 spiro atoms. The highest BCUT2D eigenvalue weighted by molar-refractivity contribution is 5.88. The van der Waals surface area contributed by atoms with Crippen LogP contribution in [-0.4, -0.2) is 22.6 Å². The van der Waals surface area contributed by atoms with Crippen LogP contribution >= 0.6 is 0 Å². The lowest BCUT2D eigenvalue weighted by Gasteiger charge is -2.34. The Morgan fingerprint density at radius 2 is 1.50 bits per heavy atom. The van der Waals surface area contributed by atoms with Gasteiger partial charge in [0, 0.05) is 11.1 Å². The number of carbonyl (C=O) groups is 2. The second-order valence-electron chi connectivity index (χ2n) is 8.19. The Kier molecular flexibility index (Phi) is 13.9. The van der Waals surface area contributed by atoms with Crippen LogP contribution in [0.4, 0.5) is 0 Å². The third kappa shape index (κ3) is 9.07. The lowest BCUT2D eigenvalue weighted by Crippen LogP contribution is -2.38. The standard InChI is InChI=1S/C13H24O2.C11H20O2/c1-7-10(4)12(14)15-13(6,9-3)11(5)8-2;1-6-7(2)8(3)9(4)10(5)11(12)13/h11H,4,7-9H2,1-3,5-6H3;7-9H,5-6H2,1-4H3,(H,12,13). The van der Waals surface area contributed by atoms with Gasteiger partial charge in [-0.1, -0.05) is 75.0 Å². The van der Waals surface area contributed by atoms with Crippen molar-refractivity contribution in [1.29, 1.82) is 0 Å². The van der Waals surface area contributed by atoms with Crippen molar-refractivity contribution >= 4 is 11.9 Å². The zero-order chi connectivity index (χ0) is 22.7. The Morgan fingerprint density at radius 3 is 1.82 bits per heavy atom. The van der Waals surface area contributed by atoms with Gasteiger partial charge in [-0.25, -0.2) is 9.59 Å². The van der Waals surface area contributed by atoms with Crippen molar-refractivity contribution < 1.29 is 19.4 Å². The minimum Gasteiger partial charge on any atom is -0.478 e. The smallest absolute Gasteiger partial charge is 0.333 e. The minimum absolute atomic E-state index is 0.0625. The molecule has 1 N–H and O–H groups in total. The summed E-state index contributed by atoms with van der Waals surface area (Å²) in [6, 6.07) is 0. The molecule has 0 aromatic heterocycles. The fraction of sp³-hybridized carbons (Fsp3) is 0.750. The molecule has 0 aliphatic heterocycles. The van der Waals surface area contributed by atoms with E-state index in [0.29, 0.717) is 35.3 Å². The molecule has 4 heteroatoms. The van der Waals surface area contributed by atoms with Crippen molar-refractivity contribution in [3.05, 3.63) is 24.3 Å². The van der Waals surface area contributed by atoms with E-state index < -0.39 is 5.97 Å². The van der Waals surface area contributed by atoms with Gasteiger partial charge >= 0.3 is 11.9 Å². The molecule has 0 saturated carbocycles. The highest BCUT2D eigenvalue weighted by Crippen LogP contribution is 2.29. The van der Waals surface area contributed by atoms with Crippen molar-refractivity contribution in [2.75, 3.05) is 0 Å². The molecular weight excluding hydrogens is 352 g/mol. The first-order chi connectivity index (χ1) is 12.8. The summed E-state index contributed by atoms with van der Waals surface area (Å²) in [6.07, 6.45) is 3.58. The topological polar surface area (TPSA) is 63.6 Å². The molecule has 0 heterocycles. The van der Waals surface area contributed by atoms with Crippen LogP contribution in [0.1, 0.15) is 88.0 Å². The second-order valence-corrected chi connectivity index (χ2v) is 8.19. The fourth-order valence-electron chi connectivity index (χ4n) is 2.76. The van der Waals surface area contributed by atoms with E-state index in [0.717, 1.165) is 19.3 Å². The van der Waals surface area contributed by atoms with Gasteiger partial charge in [0.25, 0.3) is 0 Å². The number of carboxylic acid groups (broad SMARTS) is 1. The summed E-state index contributed by atoms with van der Waals surface area (Å²) in [7, 11) is 0. The normalized spacial score (nSPS) is 17.0. The number of ether oxygens (including phenoxy) is 1. The first-order valence-electron chi connectivity index (χ1n) is 10.7. The van der Waals surface area contributed by atoms with Crippen LogP contribution in [0, 0.1) is 23.7 Å². The van der Waals surface area contributed by atoms with Gasteiger partial charge in [0.15, 0.2) is 0 Å². The predicted molar refractivity (Wildman–Crippen MR) is 118 cm³/mol. The third-order valence-corrected chi connectivity index (χ3v) is 6.55. The van der Waals surface area contributed by atoms with Crippen LogP contribution in [0.2, 0.25) is 0 Å². The largest absolute Gasteiger partial charge is 0.478 e. The number of rotatable bonds is 11. The Hall–Kier alpha value is -1.58. The van der Waals surface area contributed by atoms with Crippen LogP contribution < -0.4 is 0 Å². The SMILES string of the molecule is C=C(C(=O)O)C(C)C(C)C(C)CC.C=C(CC)C(=O)OC(C)(CC)C(C)CC. The summed E-state index contributed by atoms with van der Waals surface area (Å²) in [6.45, 7) is 25.8. The molecule has 0 aromatic rings. The molecule has 0 bridgehead atoms. The highest BCUT2D eigenvalue weighted by Gasteiger charge is 2.32. The molecule has 0 fully saturated rings. The molecular formula is C24H44O4. The molecule has 28 heavy (non-hydrogen) atoms. The summed E-state index contributed by atoms with van der Waals surface area (Å²) in [4.78, 5) is 22.3. The number of aliphatic carboxylic acids is 1. The Labute approximate surface area is 173 Å². The first kappa shape index (κ1) is 28.6. The Bertz CT molecular complexity index is 523. The lowest BCUT2D eigenvalue weighted by molar-refractivity contribution is -0.159. The number of carbonyl (C=O) groups excluding carboxylic acids is 1. The van der Waals surface area contributed by atoms with E-state index >= 15 is 0 Å². The zero-order valence-corrected chi connectivity index (χ0v) is 19.7. The van der Waals surface area contributed by atoms with Crippen molar-refractivity contribution in [3.63, 3.8) is 0 Å². The summed E-state index contributed by atoms with van der Waals surface area (Å²) in [5, 5.41) is 8.76. The van der Waals surface area contributed by atoms with E-state index in [1.807, 2.05) is 27.7 Å². The summed E-state index contributed by atoms with van der Waals surface area (Å²) in [5.74, 6) is 0.244. The molecule has 0 aliphatic rings. The van der Waals surface area contributed by atoms with E-state index in [1.165, 1.54) is 0 Å². The molecule has 0 amide bonds. The summed E-state index contributed by atoms with van der Waals surface area (Å²) < 4.78 is 5.55. The second kappa shape index (κ2) is 13.6. The van der Waals surface area contributed by atoms with Crippen LogP contribution in [-0.2, 0) is 14.3 Å². The lowest BCUT2D eigenvalue weighted by atomic mass is 9.80. The maximum Gasteiger partial charge on any atom is 0.333 e. The maximum absolute atomic E-state index is 11.6. The van der Waals surface area contributed by atoms with Crippen LogP contribution in [0.25, 0.3) is 0 Å². The van der Waals surface area contributed by atoms with E-state index in [4.69, 9.17) is 9.84 Å². The van der Waals surface area contributed by atoms with Gasteiger partial charge in [-0.2, -0.15) is 0 Å². The van der Waals surface area contributed by atoms with Gasteiger partial charge in [-0.05, 0) is 49.9 Å². The van der Waals surface area contributed by atoms with Crippen molar-refractivity contribution in [2.45, 2.75) is 93.6 Å². The molecule has 0 saturated heterocycles. The molecule has 164 valence electrons.